The number of para-hydroxylation sites is 1. The highest BCUT2D eigenvalue weighted by atomic mass is 32.2. The van der Waals surface area contributed by atoms with Gasteiger partial charge in [-0.15, -0.1) is 11.8 Å². The van der Waals surface area contributed by atoms with Crippen LogP contribution in [0.15, 0.2) is 65.8 Å². The molecule has 158 valence electrons. The molecule has 0 saturated heterocycles. The van der Waals surface area contributed by atoms with Crippen molar-refractivity contribution in [2.45, 2.75) is 24.2 Å². The molecule has 5 nitrogen and oxygen atoms in total. The summed E-state index contributed by atoms with van der Waals surface area (Å²) in [5.41, 5.74) is 4.58. The summed E-state index contributed by atoms with van der Waals surface area (Å²) in [6.45, 7) is -1.67. The molecule has 0 aliphatic carbocycles. The molecule has 2 aromatic carbocycles. The van der Waals surface area contributed by atoms with E-state index in [2.05, 4.69) is 27.0 Å². The zero-order valence-electron chi connectivity index (χ0n) is 16.8. The molecule has 4 aromatic rings. The number of fused-ring (bicyclic) bond motifs is 3. The van der Waals surface area contributed by atoms with Crippen molar-refractivity contribution >= 4 is 22.8 Å². The highest BCUT2D eigenvalue weighted by Gasteiger charge is 2.27. The van der Waals surface area contributed by atoms with Gasteiger partial charge in [-0.05, 0) is 36.1 Å². The van der Waals surface area contributed by atoms with Gasteiger partial charge in [-0.1, -0.05) is 30.3 Å². The van der Waals surface area contributed by atoms with Crippen molar-refractivity contribution in [2.24, 2.45) is 0 Å². The van der Waals surface area contributed by atoms with Crippen molar-refractivity contribution in [1.29, 1.82) is 0 Å². The van der Waals surface area contributed by atoms with E-state index < -0.39 is 6.61 Å². The van der Waals surface area contributed by atoms with E-state index >= 15 is 0 Å². The summed E-state index contributed by atoms with van der Waals surface area (Å²) in [4.78, 5) is 9.25. The van der Waals surface area contributed by atoms with Gasteiger partial charge < -0.3 is 14.6 Å². The highest BCUT2D eigenvalue weighted by Crippen LogP contribution is 2.35. The van der Waals surface area contributed by atoms with Crippen LogP contribution in [0.3, 0.4) is 0 Å². The monoisotopic (exact) mass is 438 g/mol. The molecule has 8 heteroatoms. The van der Waals surface area contributed by atoms with Gasteiger partial charge in [-0.3, -0.25) is 0 Å². The second-order valence-corrected chi connectivity index (χ2v) is 8.08. The van der Waals surface area contributed by atoms with E-state index in [0.717, 1.165) is 33.0 Å². The van der Waals surface area contributed by atoms with E-state index in [1.165, 1.54) is 0 Å². The second-order valence-electron chi connectivity index (χ2n) is 7.25. The fourth-order valence-corrected chi connectivity index (χ4v) is 4.45. The lowest BCUT2D eigenvalue weighted by molar-refractivity contribution is -0.0507. The number of thioether (sulfide) groups is 1. The minimum absolute atomic E-state index is 0.187. The zero-order valence-corrected chi connectivity index (χ0v) is 17.6. The molecule has 0 fully saturated rings. The summed E-state index contributed by atoms with van der Waals surface area (Å²) >= 11 is 1.60. The maximum Gasteiger partial charge on any atom is 0.387 e. The average Bonchev–Trinajstić information content (AvgIpc) is 3.17. The van der Waals surface area contributed by atoms with Gasteiger partial charge in [0.2, 0.25) is 0 Å². The molecule has 1 atom stereocenters. The Balaban J connectivity index is 1.62. The predicted octanol–water partition coefficient (Wildman–Crippen LogP) is 5.11. The fourth-order valence-electron chi connectivity index (χ4n) is 4.09. The number of alkyl halides is 2. The van der Waals surface area contributed by atoms with Gasteiger partial charge in [0, 0.05) is 23.9 Å². The van der Waals surface area contributed by atoms with Crippen molar-refractivity contribution in [2.75, 3.05) is 12.8 Å². The number of hydrogen-bond donors (Lipinski definition) is 1. The van der Waals surface area contributed by atoms with Gasteiger partial charge in [0.05, 0.1) is 28.6 Å². The standard InChI is InChI=1S/C23H20F2N4OS/c1-31-22-9-7-15(11-27-22)14-6-8-17-18(10-14)29-19(12-26-13-21(29)28-17)16-4-2-3-5-20(16)30-23(24)25/h2-11,19,23,26H,12-13H2,1H3. The number of halogens is 2. The van der Waals surface area contributed by atoms with Crippen LogP contribution in [0.4, 0.5) is 8.78 Å². The normalized spacial score (nSPS) is 15.9. The molecule has 1 N–H and O–H groups in total. The quantitative estimate of drug-likeness (QED) is 0.439. The molecule has 1 aliphatic heterocycles. The lowest BCUT2D eigenvalue weighted by Gasteiger charge is -2.28. The molecule has 0 amide bonds. The Morgan fingerprint density at radius 3 is 2.74 bits per heavy atom. The number of rotatable bonds is 5. The third-order valence-electron chi connectivity index (χ3n) is 5.47. The number of aromatic nitrogens is 3. The summed E-state index contributed by atoms with van der Waals surface area (Å²) in [6, 6.07) is 16.9. The molecule has 0 spiro atoms. The van der Waals surface area contributed by atoms with Crippen LogP contribution in [-0.4, -0.2) is 33.9 Å². The van der Waals surface area contributed by atoms with E-state index in [1.54, 1.807) is 23.9 Å². The third-order valence-corrected chi connectivity index (χ3v) is 6.13. The first kappa shape index (κ1) is 20.0. The van der Waals surface area contributed by atoms with Crippen LogP contribution in [-0.2, 0) is 6.54 Å². The van der Waals surface area contributed by atoms with Gasteiger partial charge in [-0.2, -0.15) is 8.78 Å². The van der Waals surface area contributed by atoms with Crippen LogP contribution < -0.4 is 10.1 Å². The number of nitrogens with one attached hydrogen (secondary N) is 1. The Morgan fingerprint density at radius 2 is 1.97 bits per heavy atom. The van der Waals surface area contributed by atoms with E-state index in [0.29, 0.717) is 18.7 Å². The Morgan fingerprint density at radius 1 is 1.13 bits per heavy atom. The Bertz CT molecular complexity index is 1230. The molecule has 0 saturated carbocycles. The number of hydrogen-bond acceptors (Lipinski definition) is 5. The van der Waals surface area contributed by atoms with Crippen molar-refractivity contribution < 1.29 is 13.5 Å². The largest absolute Gasteiger partial charge is 0.434 e. The molecule has 0 bridgehead atoms. The van der Waals surface area contributed by atoms with E-state index in [-0.39, 0.29) is 11.8 Å². The lowest BCUT2D eigenvalue weighted by Crippen LogP contribution is -2.34. The minimum Gasteiger partial charge on any atom is -0.434 e. The summed E-state index contributed by atoms with van der Waals surface area (Å²) in [7, 11) is 0. The van der Waals surface area contributed by atoms with Crippen molar-refractivity contribution in [1.82, 2.24) is 19.9 Å². The zero-order chi connectivity index (χ0) is 21.4. The van der Waals surface area contributed by atoms with Gasteiger partial charge in [0.15, 0.2) is 0 Å². The molecular weight excluding hydrogens is 418 g/mol. The summed E-state index contributed by atoms with van der Waals surface area (Å²) in [6.07, 6.45) is 3.86. The summed E-state index contributed by atoms with van der Waals surface area (Å²) < 4.78 is 32.9. The van der Waals surface area contributed by atoms with Crippen molar-refractivity contribution in [3.63, 3.8) is 0 Å². The summed E-state index contributed by atoms with van der Waals surface area (Å²) in [5.74, 6) is 1.05. The molecule has 31 heavy (non-hydrogen) atoms. The number of imidazole rings is 1. The Kier molecular flexibility index (Phi) is 5.33. The molecule has 2 aromatic heterocycles. The fraction of sp³-hybridized carbons (Fsp3) is 0.217. The summed E-state index contributed by atoms with van der Waals surface area (Å²) in [5, 5.41) is 4.32. The molecule has 5 rings (SSSR count). The second kappa shape index (κ2) is 8.28. The van der Waals surface area contributed by atoms with Crippen LogP contribution in [0.25, 0.3) is 22.2 Å². The predicted molar refractivity (Wildman–Crippen MR) is 118 cm³/mol. The molecular formula is C23H20F2N4OS. The van der Waals surface area contributed by atoms with Gasteiger partial charge in [0.25, 0.3) is 0 Å². The maximum atomic E-state index is 13.0. The third kappa shape index (κ3) is 3.77. The minimum atomic E-state index is -2.87. The number of ether oxygens (including phenoxy) is 1. The highest BCUT2D eigenvalue weighted by molar-refractivity contribution is 7.98. The van der Waals surface area contributed by atoms with E-state index in [4.69, 9.17) is 9.72 Å². The average molecular weight is 439 g/mol. The molecule has 1 unspecified atom stereocenters. The van der Waals surface area contributed by atoms with Crippen LogP contribution in [0.2, 0.25) is 0 Å². The smallest absolute Gasteiger partial charge is 0.387 e. The topological polar surface area (TPSA) is 52.0 Å². The molecule has 3 heterocycles. The van der Waals surface area contributed by atoms with E-state index in [9.17, 15) is 8.78 Å². The number of benzene rings is 2. The number of pyridine rings is 1. The van der Waals surface area contributed by atoms with Gasteiger partial charge in [0.1, 0.15) is 11.6 Å². The lowest BCUT2D eigenvalue weighted by atomic mass is 10.0. The van der Waals surface area contributed by atoms with Crippen LogP contribution >= 0.6 is 11.8 Å². The SMILES string of the molecule is CSc1ccc(-c2ccc3nc4n(c3c2)C(c2ccccc2OC(F)F)CNC4)cn1. The Labute approximate surface area is 182 Å². The van der Waals surface area contributed by atoms with Gasteiger partial charge >= 0.3 is 6.61 Å². The number of nitrogens with zero attached hydrogens (tertiary/aromatic N) is 3. The van der Waals surface area contributed by atoms with Crippen LogP contribution in [0.1, 0.15) is 17.4 Å². The van der Waals surface area contributed by atoms with E-state index in [1.807, 2.05) is 42.8 Å². The van der Waals surface area contributed by atoms with Crippen molar-refractivity contribution in [3.8, 4) is 16.9 Å². The molecule has 0 radical (unpaired) electrons. The first-order valence-electron chi connectivity index (χ1n) is 9.90. The first-order chi connectivity index (χ1) is 15.1. The van der Waals surface area contributed by atoms with Crippen LogP contribution in [0, 0.1) is 0 Å². The maximum absolute atomic E-state index is 13.0. The van der Waals surface area contributed by atoms with Crippen molar-refractivity contribution in [3.05, 3.63) is 72.2 Å². The van der Waals surface area contributed by atoms with Gasteiger partial charge in [-0.25, -0.2) is 9.97 Å². The Hall–Kier alpha value is -2.97. The first-order valence-corrected chi connectivity index (χ1v) is 11.1. The molecule has 1 aliphatic rings. The van der Waals surface area contributed by atoms with Crippen LogP contribution in [0.5, 0.6) is 5.75 Å².